The van der Waals surface area contributed by atoms with Gasteiger partial charge in [0.05, 0.1) is 6.61 Å². The van der Waals surface area contributed by atoms with Crippen molar-refractivity contribution in [3.63, 3.8) is 0 Å². The smallest absolute Gasteiger partial charge is 0.325 e. The lowest BCUT2D eigenvalue weighted by molar-refractivity contribution is -0.0664. The number of carbonyl (C=O) groups excluding carboxylic acids is 1. The number of hydrogen-bond donors (Lipinski definition) is 5. The fraction of sp³-hybridized carbons (Fsp3) is 0.545. The minimum Gasteiger partial charge on any atom is -0.394 e. The Bertz CT molecular complexity index is 452. The van der Waals surface area contributed by atoms with E-state index in [9.17, 15) is 15.0 Å². The number of amides is 2. The average Bonchev–Trinajstić information content (AvgIpc) is 2.95. The van der Waals surface area contributed by atoms with E-state index >= 15 is 0 Å². The van der Waals surface area contributed by atoms with Crippen LogP contribution in [0, 0.1) is 0 Å². The van der Waals surface area contributed by atoms with Gasteiger partial charge in [-0.15, -0.1) is 0 Å². The van der Waals surface area contributed by atoms with Gasteiger partial charge in [-0.05, 0) is 12.3 Å². The van der Waals surface area contributed by atoms with Crippen LogP contribution in [0.25, 0.3) is 0 Å². The van der Waals surface area contributed by atoms with Crippen molar-refractivity contribution in [3.8, 4) is 0 Å². The second kappa shape index (κ2) is 4.49. The van der Waals surface area contributed by atoms with Crippen LogP contribution >= 0.6 is 0 Å². The zero-order valence-corrected chi connectivity index (χ0v) is 9.93. The number of aliphatic hydroxyl groups excluding tert-OH is 3. The summed E-state index contributed by atoms with van der Waals surface area (Å²) in [5.74, 6) is 0. The van der Waals surface area contributed by atoms with Gasteiger partial charge in [0.1, 0.15) is 24.5 Å². The van der Waals surface area contributed by atoms with Crippen molar-refractivity contribution in [2.24, 2.45) is 0 Å². The molecule has 3 aliphatic rings. The number of ether oxygens (including phenoxy) is 1. The molecule has 3 rings (SSSR count). The molecule has 8 nitrogen and oxygen atoms in total. The SMILES string of the molecule is O=C1NC2NC=CC2=CN1C1OC(CO)C(O)C1O. The van der Waals surface area contributed by atoms with E-state index in [4.69, 9.17) is 9.84 Å². The van der Waals surface area contributed by atoms with Crippen molar-refractivity contribution in [1.82, 2.24) is 15.5 Å². The van der Waals surface area contributed by atoms with Crippen LogP contribution in [0.3, 0.4) is 0 Å². The van der Waals surface area contributed by atoms with Crippen molar-refractivity contribution in [3.05, 3.63) is 24.0 Å². The van der Waals surface area contributed by atoms with E-state index in [0.29, 0.717) is 0 Å². The summed E-state index contributed by atoms with van der Waals surface area (Å²) in [7, 11) is 0. The number of fused-ring (bicyclic) bond motifs is 1. The van der Waals surface area contributed by atoms with Gasteiger partial charge in [-0.1, -0.05) is 0 Å². The molecule has 5 N–H and O–H groups in total. The molecule has 19 heavy (non-hydrogen) atoms. The highest BCUT2D eigenvalue weighted by molar-refractivity contribution is 5.78. The lowest BCUT2D eigenvalue weighted by Crippen LogP contribution is -2.56. The summed E-state index contributed by atoms with van der Waals surface area (Å²) in [5, 5.41) is 34.2. The Morgan fingerprint density at radius 2 is 2.16 bits per heavy atom. The molecule has 0 saturated carbocycles. The summed E-state index contributed by atoms with van der Waals surface area (Å²) in [4.78, 5) is 13.1. The minimum atomic E-state index is -1.27. The minimum absolute atomic E-state index is 0.277. The monoisotopic (exact) mass is 269 g/mol. The zero-order chi connectivity index (χ0) is 13.6. The number of nitrogens with one attached hydrogen (secondary N) is 2. The van der Waals surface area contributed by atoms with Gasteiger partial charge < -0.3 is 30.7 Å². The highest BCUT2D eigenvalue weighted by atomic mass is 16.6. The maximum absolute atomic E-state index is 11.9. The Hall–Kier alpha value is -1.61. The number of hydrogen-bond acceptors (Lipinski definition) is 6. The van der Waals surface area contributed by atoms with Gasteiger partial charge in [0.25, 0.3) is 0 Å². The predicted molar refractivity (Wildman–Crippen MR) is 62.3 cm³/mol. The molecular weight excluding hydrogens is 254 g/mol. The first-order valence-electron chi connectivity index (χ1n) is 5.97. The van der Waals surface area contributed by atoms with Gasteiger partial charge in [-0.2, -0.15) is 0 Å². The van der Waals surface area contributed by atoms with E-state index in [1.165, 1.54) is 4.90 Å². The topological polar surface area (TPSA) is 114 Å². The summed E-state index contributed by atoms with van der Waals surface area (Å²) >= 11 is 0. The van der Waals surface area contributed by atoms with E-state index < -0.39 is 37.2 Å². The molecule has 3 aliphatic heterocycles. The molecule has 1 fully saturated rings. The summed E-state index contributed by atoms with van der Waals surface area (Å²) in [5.41, 5.74) is 0.817. The van der Waals surface area contributed by atoms with Crippen molar-refractivity contribution >= 4 is 6.03 Å². The van der Waals surface area contributed by atoms with Gasteiger partial charge in [0, 0.05) is 11.8 Å². The van der Waals surface area contributed by atoms with Crippen LogP contribution in [-0.2, 0) is 4.74 Å². The maximum atomic E-state index is 11.9. The third-order valence-corrected chi connectivity index (χ3v) is 3.45. The van der Waals surface area contributed by atoms with E-state index in [2.05, 4.69) is 10.6 Å². The quantitative estimate of drug-likeness (QED) is 0.388. The van der Waals surface area contributed by atoms with Gasteiger partial charge in [-0.25, -0.2) is 4.79 Å². The molecule has 0 aliphatic carbocycles. The largest absolute Gasteiger partial charge is 0.394 e. The molecule has 0 bridgehead atoms. The molecule has 1 saturated heterocycles. The van der Waals surface area contributed by atoms with Gasteiger partial charge in [0.15, 0.2) is 6.23 Å². The normalized spacial score (nSPS) is 40.8. The first kappa shape index (κ1) is 12.4. The van der Waals surface area contributed by atoms with E-state index in [0.717, 1.165) is 5.57 Å². The van der Waals surface area contributed by atoms with Gasteiger partial charge in [0.2, 0.25) is 0 Å². The van der Waals surface area contributed by atoms with E-state index in [1.807, 2.05) is 0 Å². The first-order valence-corrected chi connectivity index (χ1v) is 5.97. The Labute approximate surface area is 109 Å². The summed E-state index contributed by atoms with van der Waals surface area (Å²) in [6.07, 6.45) is 0.360. The summed E-state index contributed by atoms with van der Waals surface area (Å²) in [6.45, 7) is -0.426. The standard InChI is InChI=1S/C11H15N3O5/c15-4-6-7(16)8(17)10(19-6)14-3-5-1-2-12-9(5)13-11(14)18/h1-3,6-10,12,15-17H,4H2,(H,13,18). The lowest BCUT2D eigenvalue weighted by Gasteiger charge is -2.33. The molecule has 0 spiro atoms. The van der Waals surface area contributed by atoms with Gasteiger partial charge >= 0.3 is 6.03 Å². The van der Waals surface area contributed by atoms with E-state index in [1.54, 1.807) is 18.5 Å². The lowest BCUT2D eigenvalue weighted by atomic mass is 10.1. The zero-order valence-electron chi connectivity index (χ0n) is 9.93. The summed E-state index contributed by atoms with van der Waals surface area (Å²) < 4.78 is 5.32. The molecule has 5 unspecified atom stereocenters. The van der Waals surface area contributed by atoms with Crippen LogP contribution in [0.2, 0.25) is 0 Å². The second-order valence-corrected chi connectivity index (χ2v) is 4.65. The third kappa shape index (κ3) is 1.89. The Balaban J connectivity index is 1.84. The Kier molecular flexibility index (Phi) is 2.94. The molecule has 0 aromatic rings. The number of nitrogens with zero attached hydrogens (tertiary/aromatic N) is 1. The van der Waals surface area contributed by atoms with E-state index in [-0.39, 0.29) is 6.17 Å². The fourth-order valence-electron chi connectivity index (χ4n) is 2.39. The van der Waals surface area contributed by atoms with Gasteiger partial charge in [-0.3, -0.25) is 4.90 Å². The van der Waals surface area contributed by atoms with Crippen LogP contribution in [0.4, 0.5) is 4.79 Å². The second-order valence-electron chi connectivity index (χ2n) is 4.65. The molecule has 0 aromatic heterocycles. The van der Waals surface area contributed by atoms with Crippen molar-refractivity contribution in [2.75, 3.05) is 6.61 Å². The highest BCUT2D eigenvalue weighted by Gasteiger charge is 2.47. The molecule has 8 heteroatoms. The number of carbonyl (C=O) groups is 1. The van der Waals surface area contributed by atoms with Crippen molar-refractivity contribution in [1.29, 1.82) is 0 Å². The number of urea groups is 1. The first-order chi connectivity index (χ1) is 9.11. The molecule has 2 amide bonds. The molecule has 5 atom stereocenters. The molecule has 0 aromatic carbocycles. The summed E-state index contributed by atoms with van der Waals surface area (Å²) in [6, 6.07) is -0.445. The van der Waals surface area contributed by atoms with Crippen LogP contribution in [-0.4, -0.2) is 63.6 Å². The average molecular weight is 269 g/mol. The highest BCUT2D eigenvalue weighted by Crippen LogP contribution is 2.27. The molecule has 3 heterocycles. The predicted octanol–water partition coefficient (Wildman–Crippen LogP) is -2.22. The number of aliphatic hydroxyl groups is 3. The molecule has 104 valence electrons. The van der Waals surface area contributed by atoms with Crippen LogP contribution < -0.4 is 10.6 Å². The van der Waals surface area contributed by atoms with Crippen molar-refractivity contribution in [2.45, 2.75) is 30.7 Å². The van der Waals surface area contributed by atoms with Crippen LogP contribution in [0.5, 0.6) is 0 Å². The van der Waals surface area contributed by atoms with Crippen LogP contribution in [0.1, 0.15) is 0 Å². The fourth-order valence-corrected chi connectivity index (χ4v) is 2.39. The molecule has 0 radical (unpaired) electrons. The number of rotatable bonds is 2. The van der Waals surface area contributed by atoms with Crippen LogP contribution in [0.15, 0.2) is 24.0 Å². The van der Waals surface area contributed by atoms with Crippen molar-refractivity contribution < 1.29 is 24.9 Å². The Morgan fingerprint density at radius 1 is 1.37 bits per heavy atom. The third-order valence-electron chi connectivity index (χ3n) is 3.45. The Morgan fingerprint density at radius 3 is 2.84 bits per heavy atom. The molecular formula is C11H15N3O5. The maximum Gasteiger partial charge on any atom is 0.325 e.